The summed E-state index contributed by atoms with van der Waals surface area (Å²) in [7, 11) is 0. The standard InChI is InChI=1S/C16H20BrNO3/c1-4-21-16(20)15-12(9(2)7-8-19)11-6-5-10(3)13(17)14(11)18-15/h5-6,9,18-19H,4,7-8H2,1-3H3. The SMILES string of the molecule is CCOC(=O)c1[nH]c2c(Br)c(C)ccc2c1C(C)CCO. The average molecular weight is 354 g/mol. The van der Waals surface area contributed by atoms with Crippen LogP contribution >= 0.6 is 15.9 Å². The molecule has 0 aliphatic carbocycles. The van der Waals surface area contributed by atoms with Crippen LogP contribution in [0.15, 0.2) is 16.6 Å². The summed E-state index contributed by atoms with van der Waals surface area (Å²) >= 11 is 3.57. The van der Waals surface area contributed by atoms with Crippen LogP contribution in [0.1, 0.15) is 47.8 Å². The van der Waals surface area contributed by atoms with E-state index in [1.165, 1.54) is 0 Å². The molecule has 0 saturated heterocycles. The number of carbonyl (C=O) groups excluding carboxylic acids is 1. The van der Waals surface area contributed by atoms with Gasteiger partial charge in [-0.15, -0.1) is 0 Å². The Bertz CT molecular complexity index is 663. The summed E-state index contributed by atoms with van der Waals surface area (Å²) in [6.07, 6.45) is 0.602. The van der Waals surface area contributed by atoms with Gasteiger partial charge in [0, 0.05) is 16.5 Å². The normalized spacial score (nSPS) is 12.6. The van der Waals surface area contributed by atoms with Gasteiger partial charge in [0.1, 0.15) is 5.69 Å². The lowest BCUT2D eigenvalue weighted by Crippen LogP contribution is -2.10. The van der Waals surface area contributed by atoms with Crippen LogP contribution in [0.5, 0.6) is 0 Å². The molecule has 2 N–H and O–H groups in total. The van der Waals surface area contributed by atoms with Crippen molar-refractivity contribution in [1.82, 2.24) is 4.98 Å². The summed E-state index contributed by atoms with van der Waals surface area (Å²) in [6.45, 7) is 6.23. The van der Waals surface area contributed by atoms with E-state index in [2.05, 4.69) is 20.9 Å². The summed E-state index contributed by atoms with van der Waals surface area (Å²) in [4.78, 5) is 15.4. The van der Waals surface area contributed by atoms with Gasteiger partial charge in [-0.2, -0.15) is 0 Å². The summed E-state index contributed by atoms with van der Waals surface area (Å²) in [6, 6.07) is 4.03. The summed E-state index contributed by atoms with van der Waals surface area (Å²) in [5.74, 6) is -0.282. The van der Waals surface area contributed by atoms with Gasteiger partial charge in [-0.25, -0.2) is 4.79 Å². The van der Waals surface area contributed by atoms with Crippen LogP contribution in [0.3, 0.4) is 0 Å². The van der Waals surface area contributed by atoms with Crippen LogP contribution in [0, 0.1) is 6.92 Å². The molecule has 0 aliphatic heterocycles. The first-order valence-electron chi connectivity index (χ1n) is 7.09. The van der Waals surface area contributed by atoms with Crippen LogP contribution in [-0.4, -0.2) is 29.3 Å². The molecule has 2 rings (SSSR count). The second kappa shape index (κ2) is 6.62. The Hall–Kier alpha value is -1.33. The van der Waals surface area contributed by atoms with E-state index in [1.54, 1.807) is 6.92 Å². The Kier molecular flexibility index (Phi) is 5.06. The fourth-order valence-corrected chi connectivity index (χ4v) is 3.01. The molecule has 1 aromatic carbocycles. The lowest BCUT2D eigenvalue weighted by molar-refractivity contribution is 0.0518. The minimum absolute atomic E-state index is 0.0674. The number of aromatic nitrogens is 1. The van der Waals surface area contributed by atoms with Crippen molar-refractivity contribution in [2.24, 2.45) is 0 Å². The number of aliphatic hydroxyl groups excluding tert-OH is 1. The number of esters is 1. The first-order chi connectivity index (χ1) is 10.0. The number of aliphatic hydroxyl groups is 1. The minimum Gasteiger partial charge on any atom is -0.461 e. The first kappa shape index (κ1) is 16.0. The largest absolute Gasteiger partial charge is 0.461 e. The van der Waals surface area contributed by atoms with E-state index < -0.39 is 0 Å². The maximum Gasteiger partial charge on any atom is 0.355 e. The molecular weight excluding hydrogens is 334 g/mol. The van der Waals surface area contributed by atoms with Crippen molar-refractivity contribution in [2.45, 2.75) is 33.1 Å². The molecule has 0 saturated carbocycles. The molecule has 5 heteroatoms. The predicted octanol–water partition coefficient (Wildman–Crippen LogP) is 3.90. The zero-order valence-electron chi connectivity index (χ0n) is 12.5. The number of nitrogens with one attached hydrogen (secondary N) is 1. The van der Waals surface area contributed by atoms with Crippen molar-refractivity contribution in [3.05, 3.63) is 33.4 Å². The van der Waals surface area contributed by atoms with Crippen LogP contribution in [0.25, 0.3) is 10.9 Å². The number of fused-ring (bicyclic) bond motifs is 1. The molecule has 0 bridgehead atoms. The number of benzene rings is 1. The quantitative estimate of drug-likeness (QED) is 0.801. The van der Waals surface area contributed by atoms with E-state index in [-0.39, 0.29) is 18.5 Å². The van der Waals surface area contributed by atoms with Crippen molar-refractivity contribution in [2.75, 3.05) is 13.2 Å². The molecule has 1 atom stereocenters. The zero-order chi connectivity index (χ0) is 15.6. The molecule has 21 heavy (non-hydrogen) atoms. The number of carbonyl (C=O) groups is 1. The topological polar surface area (TPSA) is 62.3 Å². The Labute approximate surface area is 132 Å². The molecule has 4 nitrogen and oxygen atoms in total. The van der Waals surface area contributed by atoms with Crippen molar-refractivity contribution in [1.29, 1.82) is 0 Å². The molecule has 0 amide bonds. The molecule has 0 radical (unpaired) electrons. The average Bonchev–Trinajstić information content (AvgIpc) is 2.84. The van der Waals surface area contributed by atoms with Crippen molar-refractivity contribution in [3.63, 3.8) is 0 Å². The highest BCUT2D eigenvalue weighted by atomic mass is 79.9. The highest BCUT2D eigenvalue weighted by molar-refractivity contribution is 9.10. The Morgan fingerprint density at radius 1 is 1.48 bits per heavy atom. The number of aromatic amines is 1. The third-order valence-electron chi connectivity index (χ3n) is 3.68. The summed E-state index contributed by atoms with van der Waals surface area (Å²) in [5, 5.41) is 10.2. The van der Waals surface area contributed by atoms with Crippen LogP contribution in [-0.2, 0) is 4.74 Å². The fraction of sp³-hybridized carbons (Fsp3) is 0.438. The lowest BCUT2D eigenvalue weighted by atomic mass is 9.94. The highest BCUT2D eigenvalue weighted by Gasteiger charge is 2.24. The van der Waals surface area contributed by atoms with E-state index in [0.717, 1.165) is 26.5 Å². The van der Waals surface area contributed by atoms with Crippen molar-refractivity contribution in [3.8, 4) is 0 Å². The summed E-state index contributed by atoms with van der Waals surface area (Å²) in [5.41, 5.74) is 3.40. The third kappa shape index (κ3) is 2.99. The van der Waals surface area contributed by atoms with Gasteiger partial charge in [-0.05, 0) is 53.2 Å². The molecule has 0 fully saturated rings. The molecule has 1 unspecified atom stereocenters. The molecule has 2 aromatic rings. The van der Waals surface area contributed by atoms with Gasteiger partial charge in [-0.1, -0.05) is 19.1 Å². The fourth-order valence-electron chi connectivity index (χ4n) is 2.57. The second-order valence-electron chi connectivity index (χ2n) is 5.17. The van der Waals surface area contributed by atoms with Crippen molar-refractivity contribution < 1.29 is 14.6 Å². The smallest absolute Gasteiger partial charge is 0.355 e. The van der Waals surface area contributed by atoms with E-state index in [1.807, 2.05) is 26.0 Å². The van der Waals surface area contributed by atoms with Gasteiger partial charge in [0.05, 0.1) is 12.1 Å². The number of H-pyrrole nitrogens is 1. The molecule has 114 valence electrons. The van der Waals surface area contributed by atoms with Gasteiger partial charge in [0.15, 0.2) is 0 Å². The van der Waals surface area contributed by atoms with Gasteiger partial charge in [-0.3, -0.25) is 0 Å². The monoisotopic (exact) mass is 353 g/mol. The lowest BCUT2D eigenvalue weighted by Gasteiger charge is -2.11. The predicted molar refractivity (Wildman–Crippen MR) is 86.8 cm³/mol. The van der Waals surface area contributed by atoms with E-state index in [0.29, 0.717) is 18.7 Å². The molecule has 1 heterocycles. The Balaban J connectivity index is 2.67. The third-order valence-corrected chi connectivity index (χ3v) is 4.70. The maximum atomic E-state index is 12.2. The molecule has 1 aromatic heterocycles. The van der Waals surface area contributed by atoms with Gasteiger partial charge in [0.25, 0.3) is 0 Å². The number of rotatable bonds is 5. The number of halogens is 1. The van der Waals surface area contributed by atoms with Gasteiger partial charge < -0.3 is 14.8 Å². The van der Waals surface area contributed by atoms with E-state index >= 15 is 0 Å². The van der Waals surface area contributed by atoms with E-state index in [9.17, 15) is 9.90 Å². The maximum absolute atomic E-state index is 12.2. The molecule has 0 spiro atoms. The van der Waals surface area contributed by atoms with Crippen LogP contribution in [0.4, 0.5) is 0 Å². The zero-order valence-corrected chi connectivity index (χ0v) is 14.1. The van der Waals surface area contributed by atoms with E-state index in [4.69, 9.17) is 4.74 Å². The van der Waals surface area contributed by atoms with Crippen LogP contribution < -0.4 is 0 Å². The second-order valence-corrected chi connectivity index (χ2v) is 5.96. The molecule has 0 aliphatic rings. The number of hydrogen-bond acceptors (Lipinski definition) is 3. The summed E-state index contributed by atoms with van der Waals surface area (Å²) < 4.78 is 6.10. The van der Waals surface area contributed by atoms with Gasteiger partial charge >= 0.3 is 5.97 Å². The van der Waals surface area contributed by atoms with Crippen molar-refractivity contribution >= 4 is 32.8 Å². The minimum atomic E-state index is -0.349. The van der Waals surface area contributed by atoms with Crippen LogP contribution in [0.2, 0.25) is 0 Å². The Morgan fingerprint density at radius 2 is 2.19 bits per heavy atom. The van der Waals surface area contributed by atoms with Gasteiger partial charge in [0.2, 0.25) is 0 Å². The molecular formula is C16H20BrNO3. The highest BCUT2D eigenvalue weighted by Crippen LogP contribution is 2.36. The Morgan fingerprint density at radius 3 is 2.81 bits per heavy atom. The number of hydrogen-bond donors (Lipinski definition) is 2. The number of aryl methyl sites for hydroxylation is 1. The first-order valence-corrected chi connectivity index (χ1v) is 7.89. The number of ether oxygens (including phenoxy) is 1.